The average molecular weight is 386 g/mol. The first-order valence-electron chi connectivity index (χ1n) is 8.56. The summed E-state index contributed by atoms with van der Waals surface area (Å²) >= 11 is 5.96. The molecule has 0 N–H and O–H groups in total. The van der Waals surface area contributed by atoms with Gasteiger partial charge in [-0.3, -0.25) is 4.79 Å². The van der Waals surface area contributed by atoms with Crippen LogP contribution in [0, 0.1) is 0 Å². The van der Waals surface area contributed by atoms with Crippen molar-refractivity contribution >= 4 is 23.1 Å². The molecule has 0 fully saturated rings. The van der Waals surface area contributed by atoms with Crippen molar-refractivity contribution in [1.82, 2.24) is 5.16 Å². The van der Waals surface area contributed by atoms with E-state index in [1.165, 1.54) is 13.2 Å². The van der Waals surface area contributed by atoms with Gasteiger partial charge in [0.15, 0.2) is 11.5 Å². The van der Waals surface area contributed by atoms with Crippen LogP contribution in [0.2, 0.25) is 5.02 Å². The number of rotatable bonds is 7. The van der Waals surface area contributed by atoms with Crippen LogP contribution in [0.4, 0.5) is 0 Å². The number of aromatic nitrogens is 1. The lowest BCUT2D eigenvalue weighted by atomic mass is 9.97. The number of hydrogen-bond donors (Lipinski definition) is 0. The lowest BCUT2D eigenvalue weighted by Gasteiger charge is -2.22. The number of benzene rings is 1. The minimum absolute atomic E-state index is 0.0187. The molecule has 1 atom stereocenters. The van der Waals surface area contributed by atoms with Gasteiger partial charge in [0.05, 0.1) is 12.0 Å². The van der Waals surface area contributed by atoms with Crippen LogP contribution in [0.3, 0.4) is 0 Å². The second kappa shape index (κ2) is 8.27. The highest BCUT2D eigenvalue weighted by molar-refractivity contribution is 6.30. The molecule has 3 rings (SSSR count). The molecular formula is C21H20ClNO4. The monoisotopic (exact) mass is 385 g/mol. The second-order valence-electron chi connectivity index (χ2n) is 6.41. The van der Waals surface area contributed by atoms with Crippen molar-refractivity contribution < 1.29 is 18.8 Å². The quantitative estimate of drug-likeness (QED) is 0.638. The maximum atomic E-state index is 11.5. The highest BCUT2D eigenvalue weighted by Crippen LogP contribution is 2.35. The normalized spacial score (nSPS) is 14.9. The van der Waals surface area contributed by atoms with Crippen LogP contribution in [-0.2, 0) is 20.7 Å². The van der Waals surface area contributed by atoms with Crippen LogP contribution in [0.5, 0.6) is 0 Å². The fourth-order valence-electron chi connectivity index (χ4n) is 2.83. The molecule has 2 aromatic rings. The Morgan fingerprint density at radius 3 is 2.74 bits per heavy atom. The van der Waals surface area contributed by atoms with Crippen LogP contribution in [0.1, 0.15) is 43.0 Å². The van der Waals surface area contributed by atoms with E-state index in [4.69, 9.17) is 25.6 Å². The third-order valence-electron chi connectivity index (χ3n) is 4.21. The van der Waals surface area contributed by atoms with Crippen LogP contribution in [0.15, 0.2) is 65.5 Å². The van der Waals surface area contributed by atoms with E-state index in [-0.39, 0.29) is 18.1 Å². The predicted octanol–water partition coefficient (Wildman–Crippen LogP) is 5.40. The fourth-order valence-corrected chi connectivity index (χ4v) is 2.95. The van der Waals surface area contributed by atoms with Crippen molar-refractivity contribution in [3.63, 3.8) is 0 Å². The van der Waals surface area contributed by atoms with Crippen molar-refractivity contribution in [3.05, 3.63) is 82.8 Å². The van der Waals surface area contributed by atoms with Gasteiger partial charge in [-0.25, -0.2) is 0 Å². The van der Waals surface area contributed by atoms with Gasteiger partial charge in [0.1, 0.15) is 29.8 Å². The van der Waals surface area contributed by atoms with Crippen LogP contribution < -0.4 is 0 Å². The molecule has 0 amide bonds. The average Bonchev–Trinajstić information content (AvgIpc) is 3.09. The number of nitrogens with zero attached hydrogens (tertiary/aromatic N) is 1. The Balaban J connectivity index is 1.79. The SMILES string of the molecule is C=CC1=C(c2conc2CC(C)=O)OC(CC(C)c2ccc(Cl)cc2)=CO1. The predicted molar refractivity (Wildman–Crippen MR) is 103 cm³/mol. The van der Waals surface area contributed by atoms with E-state index in [0.717, 1.165) is 5.56 Å². The molecule has 0 saturated carbocycles. The molecule has 1 aliphatic rings. The Bertz CT molecular complexity index is 909. The number of carbonyl (C=O) groups is 1. The Morgan fingerprint density at radius 1 is 1.33 bits per heavy atom. The van der Waals surface area contributed by atoms with Gasteiger partial charge in [-0.1, -0.05) is 42.4 Å². The number of halogens is 1. The summed E-state index contributed by atoms with van der Waals surface area (Å²) in [7, 11) is 0. The molecular weight excluding hydrogens is 366 g/mol. The molecule has 5 nitrogen and oxygen atoms in total. The molecule has 0 radical (unpaired) electrons. The maximum Gasteiger partial charge on any atom is 0.181 e. The van der Waals surface area contributed by atoms with Gasteiger partial charge >= 0.3 is 0 Å². The Kier molecular flexibility index (Phi) is 5.81. The molecule has 1 unspecified atom stereocenters. The van der Waals surface area contributed by atoms with Crippen LogP contribution in [0.25, 0.3) is 5.76 Å². The third-order valence-corrected chi connectivity index (χ3v) is 4.46. The molecule has 1 aromatic carbocycles. The van der Waals surface area contributed by atoms with E-state index in [1.807, 2.05) is 24.3 Å². The van der Waals surface area contributed by atoms with Gasteiger partial charge in [0.25, 0.3) is 0 Å². The highest BCUT2D eigenvalue weighted by atomic mass is 35.5. The number of carbonyl (C=O) groups excluding carboxylic acids is 1. The first-order chi connectivity index (χ1) is 13.0. The molecule has 0 aliphatic carbocycles. The van der Waals surface area contributed by atoms with Crippen molar-refractivity contribution in [3.8, 4) is 0 Å². The zero-order valence-corrected chi connectivity index (χ0v) is 16.0. The van der Waals surface area contributed by atoms with E-state index in [1.54, 1.807) is 12.3 Å². The van der Waals surface area contributed by atoms with Gasteiger partial charge in [0.2, 0.25) is 0 Å². The van der Waals surface area contributed by atoms with E-state index in [2.05, 4.69) is 18.7 Å². The minimum Gasteiger partial charge on any atom is -0.458 e. The summed E-state index contributed by atoms with van der Waals surface area (Å²) in [6.45, 7) is 7.35. The maximum absolute atomic E-state index is 11.5. The topological polar surface area (TPSA) is 61.6 Å². The molecule has 2 heterocycles. The van der Waals surface area contributed by atoms with Crippen molar-refractivity contribution in [2.75, 3.05) is 0 Å². The van der Waals surface area contributed by atoms with E-state index >= 15 is 0 Å². The first-order valence-corrected chi connectivity index (χ1v) is 8.94. The van der Waals surface area contributed by atoms with Gasteiger partial charge in [-0.2, -0.15) is 0 Å². The molecule has 0 spiro atoms. The zero-order valence-electron chi connectivity index (χ0n) is 15.2. The number of allylic oxidation sites excluding steroid dienone is 2. The van der Waals surface area contributed by atoms with Gasteiger partial charge in [-0.15, -0.1) is 0 Å². The molecule has 27 heavy (non-hydrogen) atoms. The van der Waals surface area contributed by atoms with Crippen LogP contribution >= 0.6 is 11.6 Å². The summed E-state index contributed by atoms with van der Waals surface area (Å²) < 4.78 is 16.8. The number of ketones is 1. The fraction of sp³-hybridized carbons (Fsp3) is 0.238. The summed E-state index contributed by atoms with van der Waals surface area (Å²) in [5, 5.41) is 4.61. The molecule has 140 valence electrons. The van der Waals surface area contributed by atoms with Gasteiger partial charge in [0, 0.05) is 11.4 Å². The number of Topliss-reactive ketones (excluding diaryl/α,β-unsaturated/α-hetero) is 1. The zero-order chi connectivity index (χ0) is 19.4. The van der Waals surface area contributed by atoms with Gasteiger partial charge < -0.3 is 14.0 Å². The minimum atomic E-state index is -0.0187. The number of ether oxygens (including phenoxy) is 2. The summed E-state index contributed by atoms with van der Waals surface area (Å²) in [6, 6.07) is 7.72. The highest BCUT2D eigenvalue weighted by Gasteiger charge is 2.24. The summed E-state index contributed by atoms with van der Waals surface area (Å²) in [4.78, 5) is 11.5. The molecule has 1 aliphatic heterocycles. The molecule has 1 aromatic heterocycles. The lowest BCUT2D eigenvalue weighted by Crippen LogP contribution is -2.08. The van der Waals surface area contributed by atoms with Gasteiger partial charge in [-0.05, 0) is 36.6 Å². The second-order valence-corrected chi connectivity index (χ2v) is 6.85. The molecule has 6 heteroatoms. The smallest absolute Gasteiger partial charge is 0.181 e. The summed E-state index contributed by atoms with van der Waals surface area (Å²) in [6.07, 6.45) is 5.36. The Morgan fingerprint density at radius 2 is 2.07 bits per heavy atom. The molecule has 0 bridgehead atoms. The molecule has 0 saturated heterocycles. The number of hydrogen-bond acceptors (Lipinski definition) is 5. The first kappa shape index (κ1) is 19.0. The Hall–Kier alpha value is -2.79. The standard InChI is InChI=1S/C21H20ClNO4/c1-4-20-21(18-12-26-23-19(18)10-14(3)24)27-17(11-25-20)9-13(2)15-5-7-16(22)8-6-15/h4-8,11-13H,1,9-10H2,2-3H3. The van der Waals surface area contributed by atoms with Crippen molar-refractivity contribution in [1.29, 1.82) is 0 Å². The summed E-state index contributed by atoms with van der Waals surface area (Å²) in [5.41, 5.74) is 2.24. The van der Waals surface area contributed by atoms with E-state index in [0.29, 0.717) is 40.0 Å². The van der Waals surface area contributed by atoms with Crippen molar-refractivity contribution in [2.45, 2.75) is 32.6 Å². The van der Waals surface area contributed by atoms with E-state index < -0.39 is 0 Å². The van der Waals surface area contributed by atoms with Crippen LogP contribution in [-0.4, -0.2) is 10.9 Å². The van der Waals surface area contributed by atoms with Crippen molar-refractivity contribution in [2.24, 2.45) is 0 Å². The van der Waals surface area contributed by atoms with E-state index in [9.17, 15) is 4.79 Å². The largest absolute Gasteiger partial charge is 0.458 e. The third kappa shape index (κ3) is 4.49. The Labute approximate surface area is 162 Å². The summed E-state index contributed by atoms with van der Waals surface area (Å²) in [5.74, 6) is 1.74. The lowest BCUT2D eigenvalue weighted by molar-refractivity contribution is -0.116.